The van der Waals surface area contributed by atoms with Gasteiger partial charge in [0.25, 0.3) is 11.8 Å². The van der Waals surface area contributed by atoms with E-state index in [2.05, 4.69) is 10.6 Å². The van der Waals surface area contributed by atoms with Gasteiger partial charge in [0.2, 0.25) is 0 Å². The average Bonchev–Trinajstić information content (AvgIpc) is 2.72. The fourth-order valence-electron chi connectivity index (χ4n) is 2.36. The van der Waals surface area contributed by atoms with E-state index >= 15 is 0 Å². The SMILES string of the molecule is CS/C=C(\C(=C\NC(=O)c1ccccc1)C(=O)NCCO)c1ccccc1. The van der Waals surface area contributed by atoms with Gasteiger partial charge in [0.15, 0.2) is 0 Å². The molecule has 3 N–H and O–H groups in total. The summed E-state index contributed by atoms with van der Waals surface area (Å²) in [6.45, 7) is -0.0353. The third kappa shape index (κ3) is 6.13. The van der Waals surface area contributed by atoms with Crippen molar-refractivity contribution in [2.24, 2.45) is 0 Å². The van der Waals surface area contributed by atoms with Gasteiger partial charge in [0, 0.05) is 23.9 Å². The molecule has 0 spiro atoms. The van der Waals surface area contributed by atoms with Crippen molar-refractivity contribution in [1.82, 2.24) is 10.6 Å². The summed E-state index contributed by atoms with van der Waals surface area (Å²) < 4.78 is 0. The van der Waals surface area contributed by atoms with E-state index in [1.807, 2.05) is 48.1 Å². The molecule has 2 amide bonds. The molecule has 2 rings (SSSR count). The van der Waals surface area contributed by atoms with Crippen LogP contribution in [0.25, 0.3) is 5.57 Å². The van der Waals surface area contributed by atoms with Gasteiger partial charge in [-0.2, -0.15) is 0 Å². The first-order chi connectivity index (χ1) is 13.2. The molecule has 0 saturated heterocycles. The summed E-state index contributed by atoms with van der Waals surface area (Å²) in [5, 5.41) is 16.2. The number of rotatable bonds is 8. The normalized spacial score (nSPS) is 11.8. The standard InChI is InChI=1S/C21H22N2O3S/c1-27-15-19(16-8-4-2-5-9-16)18(21(26)22-12-13-24)14-23-20(25)17-10-6-3-7-11-17/h2-11,14-15,24H,12-13H2,1H3,(H,22,26)(H,23,25)/b18-14-,19-15-. The van der Waals surface area contributed by atoms with E-state index in [0.717, 1.165) is 5.56 Å². The van der Waals surface area contributed by atoms with Crippen LogP contribution in [0, 0.1) is 0 Å². The van der Waals surface area contributed by atoms with Crippen molar-refractivity contribution in [3.63, 3.8) is 0 Å². The second-order valence-corrected chi connectivity index (χ2v) is 6.22. The van der Waals surface area contributed by atoms with Crippen LogP contribution in [-0.2, 0) is 4.79 Å². The van der Waals surface area contributed by atoms with Crippen molar-refractivity contribution in [3.05, 3.63) is 89.0 Å². The maximum absolute atomic E-state index is 12.6. The third-order valence-electron chi connectivity index (χ3n) is 3.64. The maximum atomic E-state index is 12.6. The Kier molecular flexibility index (Phi) is 8.35. The number of aliphatic hydroxyl groups is 1. The molecule has 0 bridgehead atoms. The molecule has 2 aromatic rings. The lowest BCUT2D eigenvalue weighted by Gasteiger charge is -2.13. The molecule has 0 saturated carbocycles. The Morgan fingerprint density at radius 2 is 1.59 bits per heavy atom. The van der Waals surface area contributed by atoms with Gasteiger partial charge < -0.3 is 15.7 Å². The molecule has 5 nitrogen and oxygen atoms in total. The zero-order valence-corrected chi connectivity index (χ0v) is 15.8. The highest BCUT2D eigenvalue weighted by atomic mass is 32.2. The van der Waals surface area contributed by atoms with Crippen LogP contribution in [0.4, 0.5) is 0 Å². The summed E-state index contributed by atoms with van der Waals surface area (Å²) in [4.78, 5) is 25.0. The van der Waals surface area contributed by atoms with Gasteiger partial charge in [0.05, 0.1) is 12.2 Å². The van der Waals surface area contributed by atoms with Crippen LogP contribution in [-0.4, -0.2) is 36.3 Å². The van der Waals surface area contributed by atoms with Crippen LogP contribution in [0.5, 0.6) is 0 Å². The molecule has 0 aromatic heterocycles. The predicted molar refractivity (Wildman–Crippen MR) is 110 cm³/mol. The molecular weight excluding hydrogens is 360 g/mol. The topological polar surface area (TPSA) is 78.4 Å². The van der Waals surface area contributed by atoms with E-state index in [0.29, 0.717) is 16.7 Å². The van der Waals surface area contributed by atoms with Gasteiger partial charge in [-0.05, 0) is 29.4 Å². The summed E-state index contributed by atoms with van der Waals surface area (Å²) in [5.74, 6) is -0.679. The van der Waals surface area contributed by atoms with Crippen molar-refractivity contribution >= 4 is 29.1 Å². The van der Waals surface area contributed by atoms with Gasteiger partial charge in [-0.25, -0.2) is 0 Å². The van der Waals surface area contributed by atoms with Crippen molar-refractivity contribution in [3.8, 4) is 0 Å². The lowest BCUT2D eigenvalue weighted by Crippen LogP contribution is -2.30. The van der Waals surface area contributed by atoms with E-state index in [4.69, 9.17) is 5.11 Å². The van der Waals surface area contributed by atoms with Crippen LogP contribution in [0.2, 0.25) is 0 Å². The predicted octanol–water partition coefficient (Wildman–Crippen LogP) is 2.81. The summed E-state index contributed by atoms with van der Waals surface area (Å²) in [5.41, 5.74) is 2.35. The molecule has 0 aliphatic heterocycles. The summed E-state index contributed by atoms with van der Waals surface area (Å²) >= 11 is 1.46. The van der Waals surface area contributed by atoms with E-state index in [1.165, 1.54) is 18.0 Å². The van der Waals surface area contributed by atoms with Crippen LogP contribution in [0.1, 0.15) is 15.9 Å². The highest BCUT2D eigenvalue weighted by Crippen LogP contribution is 2.25. The van der Waals surface area contributed by atoms with Crippen LogP contribution in [0.3, 0.4) is 0 Å². The molecule has 0 aliphatic carbocycles. The molecule has 0 aliphatic rings. The first-order valence-corrected chi connectivity index (χ1v) is 9.70. The molecule has 0 unspecified atom stereocenters. The molecule has 0 heterocycles. The molecule has 140 valence electrons. The minimum absolute atomic E-state index is 0.129. The van der Waals surface area contributed by atoms with Gasteiger partial charge in [-0.3, -0.25) is 9.59 Å². The molecule has 0 atom stereocenters. The highest BCUT2D eigenvalue weighted by Gasteiger charge is 2.17. The first kappa shape index (κ1) is 20.5. The van der Waals surface area contributed by atoms with Gasteiger partial charge >= 0.3 is 0 Å². The Labute approximate surface area is 163 Å². The Morgan fingerprint density at radius 3 is 2.15 bits per heavy atom. The number of carbonyl (C=O) groups excluding carboxylic acids is 2. The number of aliphatic hydroxyl groups excluding tert-OH is 1. The molecular formula is C21H22N2O3S. The van der Waals surface area contributed by atoms with Gasteiger partial charge in [-0.15, -0.1) is 11.8 Å². The second-order valence-electron chi connectivity index (χ2n) is 5.51. The zero-order chi connectivity index (χ0) is 19.5. The fourth-order valence-corrected chi connectivity index (χ4v) is 2.86. The minimum Gasteiger partial charge on any atom is -0.395 e. The van der Waals surface area contributed by atoms with E-state index in [9.17, 15) is 9.59 Å². The second kappa shape index (κ2) is 11.0. The summed E-state index contributed by atoms with van der Waals surface area (Å²) in [7, 11) is 0. The summed E-state index contributed by atoms with van der Waals surface area (Å²) in [6, 6.07) is 18.2. The summed E-state index contributed by atoms with van der Waals surface area (Å²) in [6.07, 6.45) is 3.31. The fraction of sp³-hybridized carbons (Fsp3) is 0.143. The highest BCUT2D eigenvalue weighted by molar-refractivity contribution is 8.01. The smallest absolute Gasteiger partial charge is 0.255 e. The molecule has 2 aromatic carbocycles. The van der Waals surface area contributed by atoms with Crippen molar-refractivity contribution < 1.29 is 14.7 Å². The third-order valence-corrected chi connectivity index (χ3v) is 4.11. The Hall–Kier alpha value is -2.83. The number of hydrogen-bond acceptors (Lipinski definition) is 4. The number of benzene rings is 2. The average molecular weight is 382 g/mol. The quantitative estimate of drug-likeness (QED) is 0.485. The first-order valence-electron chi connectivity index (χ1n) is 8.41. The number of hydrogen-bond donors (Lipinski definition) is 3. The Morgan fingerprint density at radius 1 is 1.00 bits per heavy atom. The minimum atomic E-state index is -0.374. The van der Waals surface area contributed by atoms with E-state index < -0.39 is 0 Å². The van der Waals surface area contributed by atoms with Crippen LogP contribution >= 0.6 is 11.8 Å². The van der Waals surface area contributed by atoms with E-state index in [-0.39, 0.29) is 25.0 Å². The van der Waals surface area contributed by atoms with Crippen molar-refractivity contribution in [2.75, 3.05) is 19.4 Å². The lowest BCUT2D eigenvalue weighted by atomic mass is 9.99. The Balaban J connectivity index is 2.36. The van der Waals surface area contributed by atoms with E-state index in [1.54, 1.807) is 24.3 Å². The largest absolute Gasteiger partial charge is 0.395 e. The van der Waals surface area contributed by atoms with Crippen molar-refractivity contribution in [2.45, 2.75) is 0 Å². The number of thioether (sulfide) groups is 1. The maximum Gasteiger partial charge on any atom is 0.255 e. The van der Waals surface area contributed by atoms with Crippen molar-refractivity contribution in [1.29, 1.82) is 0 Å². The molecule has 0 fully saturated rings. The van der Waals surface area contributed by atoms with Gasteiger partial charge in [0.1, 0.15) is 0 Å². The zero-order valence-electron chi connectivity index (χ0n) is 15.0. The molecule has 6 heteroatoms. The van der Waals surface area contributed by atoms with Crippen LogP contribution < -0.4 is 10.6 Å². The number of amides is 2. The number of carbonyl (C=O) groups is 2. The monoisotopic (exact) mass is 382 g/mol. The molecule has 0 radical (unpaired) electrons. The molecule has 27 heavy (non-hydrogen) atoms. The number of nitrogens with one attached hydrogen (secondary N) is 2. The van der Waals surface area contributed by atoms with Crippen LogP contribution in [0.15, 0.2) is 77.8 Å². The lowest BCUT2D eigenvalue weighted by molar-refractivity contribution is -0.117. The Bertz CT molecular complexity index is 818. The van der Waals surface area contributed by atoms with Gasteiger partial charge in [-0.1, -0.05) is 48.5 Å².